The van der Waals surface area contributed by atoms with E-state index in [0.29, 0.717) is 23.0 Å². The van der Waals surface area contributed by atoms with Gasteiger partial charge in [0, 0.05) is 18.3 Å². The SMILES string of the molecule is COc1ccc(C(CCC(=O)O)(CCC(=O)O)c2ccc(OC)c(OC)c2)cc1OC. The fourth-order valence-corrected chi connectivity index (χ4v) is 3.78. The molecule has 2 N–H and O–H groups in total. The monoisotopic (exact) mass is 432 g/mol. The van der Waals surface area contributed by atoms with Crippen molar-refractivity contribution in [2.75, 3.05) is 28.4 Å². The van der Waals surface area contributed by atoms with E-state index in [1.54, 1.807) is 24.3 Å². The second-order valence-electron chi connectivity index (χ2n) is 7.01. The van der Waals surface area contributed by atoms with Gasteiger partial charge in [0.2, 0.25) is 0 Å². The first-order chi connectivity index (χ1) is 14.8. The number of aliphatic carboxylic acids is 2. The van der Waals surface area contributed by atoms with Crippen molar-refractivity contribution in [1.29, 1.82) is 0 Å². The third kappa shape index (κ3) is 5.39. The number of hydrogen-bond donors (Lipinski definition) is 2. The average Bonchev–Trinajstić information content (AvgIpc) is 2.78. The van der Waals surface area contributed by atoms with Crippen molar-refractivity contribution >= 4 is 11.9 Å². The zero-order chi connectivity index (χ0) is 23.0. The van der Waals surface area contributed by atoms with E-state index in [9.17, 15) is 19.8 Å². The number of hydrogen-bond acceptors (Lipinski definition) is 6. The lowest BCUT2D eigenvalue weighted by molar-refractivity contribution is -0.137. The summed E-state index contributed by atoms with van der Waals surface area (Å²) in [5.41, 5.74) is 0.523. The number of benzene rings is 2. The number of ether oxygens (including phenoxy) is 4. The van der Waals surface area contributed by atoms with Gasteiger partial charge in [-0.05, 0) is 48.2 Å². The van der Waals surface area contributed by atoms with E-state index < -0.39 is 17.4 Å². The van der Waals surface area contributed by atoms with Crippen LogP contribution in [0.5, 0.6) is 23.0 Å². The zero-order valence-corrected chi connectivity index (χ0v) is 18.1. The van der Waals surface area contributed by atoms with Gasteiger partial charge in [-0.25, -0.2) is 0 Å². The largest absolute Gasteiger partial charge is 0.493 e. The molecule has 0 radical (unpaired) electrons. The van der Waals surface area contributed by atoms with Gasteiger partial charge in [0.25, 0.3) is 0 Å². The van der Waals surface area contributed by atoms with Crippen LogP contribution >= 0.6 is 0 Å². The summed E-state index contributed by atoms with van der Waals surface area (Å²) in [7, 11) is 6.06. The van der Waals surface area contributed by atoms with Gasteiger partial charge in [-0.15, -0.1) is 0 Å². The number of rotatable bonds is 12. The first-order valence-electron chi connectivity index (χ1n) is 9.70. The van der Waals surface area contributed by atoms with E-state index in [4.69, 9.17) is 18.9 Å². The molecule has 0 saturated carbocycles. The van der Waals surface area contributed by atoms with E-state index in [2.05, 4.69) is 0 Å². The van der Waals surface area contributed by atoms with Crippen LogP contribution in [-0.4, -0.2) is 50.6 Å². The van der Waals surface area contributed by atoms with Gasteiger partial charge in [-0.1, -0.05) is 12.1 Å². The summed E-state index contributed by atoms with van der Waals surface area (Å²) in [5.74, 6) is 0.0279. The Balaban J connectivity index is 2.76. The molecule has 2 aromatic rings. The van der Waals surface area contributed by atoms with Crippen LogP contribution < -0.4 is 18.9 Å². The number of carbonyl (C=O) groups is 2. The molecule has 0 aliphatic carbocycles. The number of carboxylic acids is 2. The maximum atomic E-state index is 11.5. The molecule has 0 fully saturated rings. The van der Waals surface area contributed by atoms with Gasteiger partial charge < -0.3 is 29.2 Å². The summed E-state index contributed by atoms with van der Waals surface area (Å²) in [6.45, 7) is 0. The molecule has 0 heterocycles. The van der Waals surface area contributed by atoms with Crippen LogP contribution in [-0.2, 0) is 15.0 Å². The third-order valence-electron chi connectivity index (χ3n) is 5.40. The smallest absolute Gasteiger partial charge is 0.303 e. The van der Waals surface area contributed by atoms with Gasteiger partial charge in [0.1, 0.15) is 0 Å². The van der Waals surface area contributed by atoms with Gasteiger partial charge in [0.05, 0.1) is 28.4 Å². The van der Waals surface area contributed by atoms with Gasteiger partial charge in [-0.2, -0.15) is 0 Å². The molecule has 0 aromatic heterocycles. The molecule has 2 rings (SSSR count). The highest BCUT2D eigenvalue weighted by Crippen LogP contribution is 2.46. The third-order valence-corrected chi connectivity index (χ3v) is 5.40. The second kappa shape index (κ2) is 10.6. The Morgan fingerprint density at radius 2 is 1.03 bits per heavy atom. The molecule has 168 valence electrons. The molecule has 0 unspecified atom stereocenters. The van der Waals surface area contributed by atoms with Crippen LogP contribution in [0.1, 0.15) is 36.8 Å². The van der Waals surface area contributed by atoms with Crippen LogP contribution in [0.2, 0.25) is 0 Å². The lowest BCUT2D eigenvalue weighted by atomic mass is 9.68. The maximum absolute atomic E-state index is 11.5. The first-order valence-corrected chi connectivity index (χ1v) is 9.70. The topological polar surface area (TPSA) is 112 Å². The lowest BCUT2D eigenvalue weighted by Gasteiger charge is -2.35. The summed E-state index contributed by atoms with van der Waals surface area (Å²) in [6.07, 6.45) is 0.0613. The molecular formula is C23H28O8. The quantitative estimate of drug-likeness (QED) is 0.522. The summed E-state index contributed by atoms with van der Waals surface area (Å²) < 4.78 is 21.5. The molecule has 0 amide bonds. The Kier molecular flexibility index (Phi) is 8.13. The van der Waals surface area contributed by atoms with Crippen LogP contribution in [0.3, 0.4) is 0 Å². The average molecular weight is 432 g/mol. The fourth-order valence-electron chi connectivity index (χ4n) is 3.78. The van der Waals surface area contributed by atoms with Crippen molar-refractivity contribution in [1.82, 2.24) is 0 Å². The molecular weight excluding hydrogens is 404 g/mol. The van der Waals surface area contributed by atoms with Crippen molar-refractivity contribution in [2.24, 2.45) is 0 Å². The van der Waals surface area contributed by atoms with Gasteiger partial charge in [-0.3, -0.25) is 9.59 Å². The Labute approximate surface area is 181 Å². The van der Waals surface area contributed by atoms with Crippen molar-refractivity contribution in [3.8, 4) is 23.0 Å². The summed E-state index contributed by atoms with van der Waals surface area (Å²) >= 11 is 0. The highest BCUT2D eigenvalue weighted by Gasteiger charge is 2.36. The molecule has 0 aliphatic heterocycles. The normalized spacial score (nSPS) is 11.0. The molecule has 0 aliphatic rings. The predicted octanol–water partition coefficient (Wildman–Crippen LogP) is 3.74. The van der Waals surface area contributed by atoms with Crippen molar-refractivity contribution in [2.45, 2.75) is 31.1 Å². The van der Waals surface area contributed by atoms with E-state index >= 15 is 0 Å². The highest BCUT2D eigenvalue weighted by atomic mass is 16.5. The lowest BCUT2D eigenvalue weighted by Crippen LogP contribution is -2.30. The predicted molar refractivity (Wildman–Crippen MR) is 114 cm³/mol. The minimum Gasteiger partial charge on any atom is -0.493 e. The fraction of sp³-hybridized carbons (Fsp3) is 0.391. The molecule has 8 nitrogen and oxygen atoms in total. The molecule has 0 atom stereocenters. The van der Waals surface area contributed by atoms with Gasteiger partial charge in [0.15, 0.2) is 23.0 Å². The van der Waals surface area contributed by atoms with Crippen molar-refractivity contribution < 1.29 is 38.7 Å². The molecule has 31 heavy (non-hydrogen) atoms. The highest BCUT2D eigenvalue weighted by molar-refractivity contribution is 5.69. The van der Waals surface area contributed by atoms with Crippen LogP contribution in [0.15, 0.2) is 36.4 Å². The van der Waals surface area contributed by atoms with Crippen molar-refractivity contribution in [3.05, 3.63) is 47.5 Å². The molecule has 0 spiro atoms. The standard InChI is InChI=1S/C23H28O8/c1-28-17-7-5-15(13-19(17)30-3)23(11-9-21(24)25,12-10-22(26)27)16-6-8-18(29-2)20(14-16)31-4/h5-8,13-14H,9-12H2,1-4H3,(H,24,25)(H,26,27). The van der Waals surface area contributed by atoms with E-state index in [1.807, 2.05) is 12.1 Å². The summed E-state index contributed by atoms with van der Waals surface area (Å²) in [5, 5.41) is 18.8. The van der Waals surface area contributed by atoms with Crippen LogP contribution in [0.4, 0.5) is 0 Å². The van der Waals surface area contributed by atoms with E-state index in [-0.39, 0.29) is 25.7 Å². The molecule has 2 aromatic carbocycles. The van der Waals surface area contributed by atoms with Crippen LogP contribution in [0, 0.1) is 0 Å². The number of carboxylic acid groups (broad SMARTS) is 2. The molecule has 8 heteroatoms. The Morgan fingerprint density at radius 1 is 0.677 bits per heavy atom. The Hall–Kier alpha value is -3.42. The Bertz CT molecular complexity index is 846. The maximum Gasteiger partial charge on any atom is 0.303 e. The minimum atomic E-state index is -0.972. The molecule has 0 bridgehead atoms. The minimum absolute atomic E-state index is 0.150. The zero-order valence-electron chi connectivity index (χ0n) is 18.1. The second-order valence-corrected chi connectivity index (χ2v) is 7.01. The number of methoxy groups -OCH3 is 4. The summed E-state index contributed by atoms with van der Waals surface area (Å²) in [4.78, 5) is 23.0. The Morgan fingerprint density at radius 3 is 1.32 bits per heavy atom. The van der Waals surface area contributed by atoms with E-state index in [0.717, 1.165) is 11.1 Å². The molecule has 0 saturated heterocycles. The van der Waals surface area contributed by atoms with Crippen molar-refractivity contribution in [3.63, 3.8) is 0 Å². The summed E-state index contributed by atoms with van der Waals surface area (Å²) in [6, 6.07) is 10.6. The van der Waals surface area contributed by atoms with E-state index in [1.165, 1.54) is 28.4 Å². The van der Waals surface area contributed by atoms with Crippen LogP contribution in [0.25, 0.3) is 0 Å². The first kappa shape index (κ1) is 23.9. The van der Waals surface area contributed by atoms with Gasteiger partial charge >= 0.3 is 11.9 Å².